The van der Waals surface area contributed by atoms with Crippen LogP contribution in [0.15, 0.2) is 24.3 Å². The second-order valence-corrected chi connectivity index (χ2v) is 4.95. The first-order valence-electron chi connectivity index (χ1n) is 5.74. The number of rotatable bonds is 4. The number of carbonyl (C=O) groups excluding carboxylic acids is 1. The van der Waals surface area contributed by atoms with E-state index >= 15 is 0 Å². The van der Waals surface area contributed by atoms with Gasteiger partial charge in [0.25, 0.3) is 0 Å². The summed E-state index contributed by atoms with van der Waals surface area (Å²) in [7, 11) is 0. The molecule has 0 aliphatic rings. The standard InChI is InChI=1S/C13H19ClN2O.ClH/c1-8(2)12(16-13(17)9(3)15)10-6-4-5-7-11(10)14;/h4-9,12H,15H2,1-3H3,(H,16,17);1H/t9-,12?;/m1./s1. The van der Waals surface area contributed by atoms with Gasteiger partial charge in [-0.15, -0.1) is 12.4 Å². The summed E-state index contributed by atoms with van der Waals surface area (Å²) in [5, 5.41) is 3.59. The Morgan fingerprint density at radius 2 is 1.83 bits per heavy atom. The number of benzene rings is 1. The molecule has 3 nitrogen and oxygen atoms in total. The fraction of sp³-hybridized carbons (Fsp3) is 0.462. The fourth-order valence-electron chi connectivity index (χ4n) is 1.62. The van der Waals surface area contributed by atoms with Crippen molar-refractivity contribution in [1.82, 2.24) is 5.32 Å². The van der Waals surface area contributed by atoms with E-state index in [9.17, 15) is 4.79 Å². The van der Waals surface area contributed by atoms with Crippen molar-refractivity contribution in [1.29, 1.82) is 0 Å². The molecule has 3 N–H and O–H groups in total. The van der Waals surface area contributed by atoms with Crippen LogP contribution in [0.25, 0.3) is 0 Å². The third kappa shape index (κ3) is 4.48. The molecular formula is C13H20Cl2N2O. The van der Waals surface area contributed by atoms with Crippen LogP contribution >= 0.6 is 24.0 Å². The molecule has 0 radical (unpaired) electrons. The number of hydrogen-bond acceptors (Lipinski definition) is 2. The SMILES string of the molecule is CC(C)C(NC(=O)[C@@H](C)N)c1ccccc1Cl.Cl. The van der Waals surface area contributed by atoms with Crippen molar-refractivity contribution >= 4 is 29.9 Å². The zero-order chi connectivity index (χ0) is 13.0. The van der Waals surface area contributed by atoms with Gasteiger partial charge in [-0.2, -0.15) is 0 Å². The first-order valence-corrected chi connectivity index (χ1v) is 6.11. The van der Waals surface area contributed by atoms with Crippen LogP contribution in [0, 0.1) is 5.92 Å². The summed E-state index contributed by atoms with van der Waals surface area (Å²) < 4.78 is 0. The topological polar surface area (TPSA) is 55.1 Å². The molecule has 1 unspecified atom stereocenters. The maximum atomic E-state index is 11.7. The van der Waals surface area contributed by atoms with Crippen molar-refractivity contribution in [3.05, 3.63) is 34.9 Å². The van der Waals surface area contributed by atoms with Crippen molar-refractivity contribution in [2.75, 3.05) is 0 Å². The summed E-state index contributed by atoms with van der Waals surface area (Å²) in [5.41, 5.74) is 6.48. The van der Waals surface area contributed by atoms with Crippen molar-refractivity contribution in [3.8, 4) is 0 Å². The van der Waals surface area contributed by atoms with Gasteiger partial charge < -0.3 is 11.1 Å². The Bertz CT molecular complexity index is 394. The molecule has 1 aromatic carbocycles. The Morgan fingerprint density at radius 1 is 1.28 bits per heavy atom. The van der Waals surface area contributed by atoms with E-state index in [0.717, 1.165) is 5.56 Å². The lowest BCUT2D eigenvalue weighted by molar-refractivity contribution is -0.123. The van der Waals surface area contributed by atoms with Crippen molar-refractivity contribution < 1.29 is 4.79 Å². The first kappa shape index (κ1) is 17.2. The average Bonchev–Trinajstić information content (AvgIpc) is 2.26. The van der Waals surface area contributed by atoms with Gasteiger partial charge in [-0.25, -0.2) is 0 Å². The van der Waals surface area contributed by atoms with Crippen LogP contribution in [0.2, 0.25) is 5.02 Å². The summed E-state index contributed by atoms with van der Waals surface area (Å²) in [6, 6.07) is 6.91. The third-order valence-electron chi connectivity index (χ3n) is 2.62. The highest BCUT2D eigenvalue weighted by Crippen LogP contribution is 2.27. The molecule has 1 amide bonds. The van der Waals surface area contributed by atoms with Gasteiger partial charge in [-0.05, 0) is 24.5 Å². The smallest absolute Gasteiger partial charge is 0.237 e. The number of nitrogens with two attached hydrogens (primary N) is 1. The number of amides is 1. The van der Waals surface area contributed by atoms with Crippen molar-refractivity contribution in [2.45, 2.75) is 32.9 Å². The van der Waals surface area contributed by atoms with Gasteiger partial charge >= 0.3 is 0 Å². The monoisotopic (exact) mass is 290 g/mol. The van der Waals surface area contributed by atoms with E-state index in [0.29, 0.717) is 5.02 Å². The van der Waals surface area contributed by atoms with Gasteiger partial charge in [0.1, 0.15) is 0 Å². The van der Waals surface area contributed by atoms with E-state index in [4.69, 9.17) is 17.3 Å². The number of halogens is 2. The normalized spacial score (nSPS) is 13.7. The van der Waals surface area contributed by atoms with Crippen molar-refractivity contribution in [2.24, 2.45) is 11.7 Å². The Hall–Kier alpha value is -0.770. The molecule has 2 atom stereocenters. The zero-order valence-electron chi connectivity index (χ0n) is 10.8. The maximum Gasteiger partial charge on any atom is 0.237 e. The third-order valence-corrected chi connectivity index (χ3v) is 2.96. The van der Waals surface area contributed by atoms with Gasteiger partial charge in [-0.3, -0.25) is 4.79 Å². The van der Waals surface area contributed by atoms with Crippen LogP contribution in [0.5, 0.6) is 0 Å². The number of hydrogen-bond donors (Lipinski definition) is 2. The van der Waals surface area contributed by atoms with Crippen LogP contribution in [-0.4, -0.2) is 11.9 Å². The van der Waals surface area contributed by atoms with E-state index in [1.165, 1.54) is 0 Å². The predicted octanol–water partition coefficient (Wildman–Crippen LogP) is 2.92. The molecule has 0 spiro atoms. The van der Waals surface area contributed by atoms with E-state index in [1.807, 2.05) is 38.1 Å². The van der Waals surface area contributed by atoms with Gasteiger partial charge in [0.15, 0.2) is 0 Å². The lowest BCUT2D eigenvalue weighted by atomic mass is 9.95. The number of carbonyl (C=O) groups is 1. The molecule has 0 heterocycles. The fourth-order valence-corrected chi connectivity index (χ4v) is 1.87. The van der Waals surface area contributed by atoms with Crippen molar-refractivity contribution in [3.63, 3.8) is 0 Å². The summed E-state index contributed by atoms with van der Waals surface area (Å²) in [6.07, 6.45) is 0. The van der Waals surface area contributed by atoms with E-state index in [-0.39, 0.29) is 30.3 Å². The second-order valence-electron chi connectivity index (χ2n) is 4.54. The minimum atomic E-state index is -0.515. The second kappa shape index (κ2) is 7.62. The van der Waals surface area contributed by atoms with Crippen LogP contribution in [-0.2, 0) is 4.79 Å². The molecule has 0 aromatic heterocycles. The molecule has 1 aromatic rings. The molecule has 102 valence electrons. The highest BCUT2D eigenvalue weighted by Gasteiger charge is 2.21. The molecule has 0 aliphatic heterocycles. The molecule has 0 aliphatic carbocycles. The maximum absolute atomic E-state index is 11.7. The minimum absolute atomic E-state index is 0. The molecule has 18 heavy (non-hydrogen) atoms. The van der Waals surface area contributed by atoms with Crippen LogP contribution in [0.3, 0.4) is 0 Å². The Balaban J connectivity index is 0.00000289. The molecule has 5 heteroatoms. The van der Waals surface area contributed by atoms with Crippen LogP contribution < -0.4 is 11.1 Å². The largest absolute Gasteiger partial charge is 0.348 e. The summed E-state index contributed by atoms with van der Waals surface area (Å²) in [5.74, 6) is 0.0845. The van der Waals surface area contributed by atoms with Crippen LogP contribution in [0.4, 0.5) is 0 Å². The molecule has 0 fully saturated rings. The molecular weight excluding hydrogens is 271 g/mol. The minimum Gasteiger partial charge on any atom is -0.348 e. The van der Waals surface area contributed by atoms with Crippen LogP contribution in [0.1, 0.15) is 32.4 Å². The van der Waals surface area contributed by atoms with Gasteiger partial charge in [0.05, 0.1) is 12.1 Å². The van der Waals surface area contributed by atoms with Gasteiger partial charge in [0, 0.05) is 5.02 Å². The van der Waals surface area contributed by atoms with E-state index < -0.39 is 6.04 Å². The first-order chi connectivity index (χ1) is 7.93. The Morgan fingerprint density at radius 3 is 2.28 bits per heavy atom. The Labute approximate surface area is 119 Å². The zero-order valence-corrected chi connectivity index (χ0v) is 12.4. The lowest BCUT2D eigenvalue weighted by Gasteiger charge is -2.24. The lowest BCUT2D eigenvalue weighted by Crippen LogP contribution is -2.41. The molecule has 0 saturated heterocycles. The van der Waals surface area contributed by atoms with Gasteiger partial charge in [-0.1, -0.05) is 43.6 Å². The van der Waals surface area contributed by atoms with Gasteiger partial charge in [0.2, 0.25) is 5.91 Å². The quantitative estimate of drug-likeness (QED) is 0.896. The number of nitrogens with one attached hydrogen (secondary N) is 1. The van der Waals surface area contributed by atoms with E-state index in [2.05, 4.69) is 5.32 Å². The Kier molecular flexibility index (Phi) is 7.29. The average molecular weight is 291 g/mol. The summed E-state index contributed by atoms with van der Waals surface area (Å²) in [6.45, 7) is 5.74. The summed E-state index contributed by atoms with van der Waals surface area (Å²) >= 11 is 6.14. The molecule has 1 rings (SSSR count). The molecule has 0 saturated carbocycles. The summed E-state index contributed by atoms with van der Waals surface area (Å²) in [4.78, 5) is 11.7. The van der Waals surface area contributed by atoms with E-state index in [1.54, 1.807) is 6.92 Å². The highest BCUT2D eigenvalue weighted by atomic mass is 35.5. The predicted molar refractivity (Wildman–Crippen MR) is 78.1 cm³/mol. The highest BCUT2D eigenvalue weighted by molar-refractivity contribution is 6.31. The molecule has 0 bridgehead atoms.